The second-order valence-electron chi connectivity index (χ2n) is 6.39. The van der Waals surface area contributed by atoms with Crippen LogP contribution in [0, 0.1) is 5.92 Å². The van der Waals surface area contributed by atoms with Crippen LogP contribution in [0.5, 0.6) is 5.75 Å². The van der Waals surface area contributed by atoms with Gasteiger partial charge < -0.3 is 15.4 Å². The van der Waals surface area contributed by atoms with Crippen molar-refractivity contribution in [1.29, 1.82) is 0 Å². The maximum Gasteiger partial charge on any atom is 0.275 e. The number of aromatic amines is 1. The van der Waals surface area contributed by atoms with Gasteiger partial charge in [0.05, 0.1) is 6.04 Å². The highest BCUT2D eigenvalue weighted by molar-refractivity contribution is 5.79. The summed E-state index contributed by atoms with van der Waals surface area (Å²) in [6, 6.07) is 5.88. The van der Waals surface area contributed by atoms with Crippen LogP contribution in [0.2, 0.25) is 0 Å². The Morgan fingerprint density at radius 2 is 1.96 bits per heavy atom. The Morgan fingerprint density at radius 3 is 2.56 bits per heavy atom. The lowest BCUT2D eigenvalue weighted by Gasteiger charge is -2.18. The lowest BCUT2D eigenvalue weighted by molar-refractivity contribution is -0.125. The van der Waals surface area contributed by atoms with Gasteiger partial charge in [0, 0.05) is 11.5 Å². The number of carbonyl (C=O) groups excluding carboxylic acids is 1. The Bertz CT molecular complexity index is 795. The molecule has 25 heavy (non-hydrogen) atoms. The molecule has 1 aromatic carbocycles. The van der Waals surface area contributed by atoms with Gasteiger partial charge in [-0.25, -0.2) is 0 Å². The van der Waals surface area contributed by atoms with Crippen molar-refractivity contribution in [1.82, 2.24) is 20.5 Å². The normalized spacial score (nSPS) is 15.9. The third-order valence-electron chi connectivity index (χ3n) is 4.64. The minimum atomic E-state index is -0.446. The summed E-state index contributed by atoms with van der Waals surface area (Å²) in [6.07, 6.45) is 4.54. The number of hydrogen-bond acceptors (Lipinski definition) is 5. The molecule has 0 aliphatic heterocycles. The van der Waals surface area contributed by atoms with Crippen molar-refractivity contribution < 1.29 is 9.90 Å². The second-order valence-corrected chi connectivity index (χ2v) is 6.39. The molecule has 1 unspecified atom stereocenters. The van der Waals surface area contributed by atoms with Gasteiger partial charge in [-0.3, -0.25) is 9.59 Å². The predicted molar refractivity (Wildman–Crippen MR) is 92.9 cm³/mol. The smallest absolute Gasteiger partial charge is 0.275 e. The Hall–Kier alpha value is -2.70. The molecule has 1 fully saturated rings. The molecular weight excluding hydrogens is 320 g/mol. The molecule has 1 saturated carbocycles. The van der Waals surface area contributed by atoms with Crippen LogP contribution in [-0.2, 0) is 4.79 Å². The summed E-state index contributed by atoms with van der Waals surface area (Å²) >= 11 is 0. The standard InChI is InChI=1S/C18H22N4O3/c1-2-14(19-17(24)12-5-3-4-6-12)15-18(25)20-16(22-21-15)11-7-9-13(23)10-8-11/h7-10,12,14,23H,2-6H2,1H3,(H,19,24)(H,20,22,25). The lowest BCUT2D eigenvalue weighted by atomic mass is 10.1. The van der Waals surface area contributed by atoms with E-state index in [0.717, 1.165) is 25.7 Å². The summed E-state index contributed by atoms with van der Waals surface area (Å²) < 4.78 is 0. The van der Waals surface area contributed by atoms with Gasteiger partial charge >= 0.3 is 0 Å². The van der Waals surface area contributed by atoms with Crippen molar-refractivity contribution in [2.75, 3.05) is 0 Å². The Balaban J connectivity index is 1.79. The number of phenols is 1. The zero-order chi connectivity index (χ0) is 17.8. The summed E-state index contributed by atoms with van der Waals surface area (Å²) in [7, 11) is 0. The monoisotopic (exact) mass is 342 g/mol. The number of nitrogens with zero attached hydrogens (tertiary/aromatic N) is 2. The first kappa shape index (κ1) is 17.1. The van der Waals surface area contributed by atoms with Crippen molar-refractivity contribution in [3.05, 3.63) is 40.3 Å². The number of aromatic hydroxyl groups is 1. The average molecular weight is 342 g/mol. The molecule has 3 rings (SSSR count). The number of aromatic nitrogens is 3. The molecule has 7 heteroatoms. The van der Waals surface area contributed by atoms with E-state index in [4.69, 9.17) is 0 Å². The van der Waals surface area contributed by atoms with Crippen molar-refractivity contribution in [3.63, 3.8) is 0 Å². The van der Waals surface area contributed by atoms with E-state index in [1.54, 1.807) is 12.1 Å². The maximum atomic E-state index is 12.4. The number of hydrogen-bond donors (Lipinski definition) is 3. The molecule has 1 amide bonds. The molecule has 3 N–H and O–H groups in total. The third-order valence-corrected chi connectivity index (χ3v) is 4.64. The first-order chi connectivity index (χ1) is 12.1. The van der Waals surface area contributed by atoms with Crippen molar-refractivity contribution >= 4 is 5.91 Å². The van der Waals surface area contributed by atoms with Gasteiger partial charge in [0.25, 0.3) is 5.56 Å². The van der Waals surface area contributed by atoms with E-state index in [9.17, 15) is 14.7 Å². The van der Waals surface area contributed by atoms with Crippen molar-refractivity contribution in [3.8, 4) is 17.1 Å². The number of nitrogens with one attached hydrogen (secondary N) is 2. The highest BCUT2D eigenvalue weighted by Crippen LogP contribution is 2.26. The van der Waals surface area contributed by atoms with Crippen LogP contribution in [0.25, 0.3) is 11.4 Å². The molecule has 1 atom stereocenters. The molecule has 0 radical (unpaired) electrons. The van der Waals surface area contributed by atoms with Crippen LogP contribution >= 0.6 is 0 Å². The first-order valence-electron chi connectivity index (χ1n) is 8.65. The van der Waals surface area contributed by atoms with E-state index < -0.39 is 6.04 Å². The fourth-order valence-electron chi connectivity index (χ4n) is 3.16. The van der Waals surface area contributed by atoms with Gasteiger partial charge in [-0.2, -0.15) is 0 Å². The zero-order valence-corrected chi connectivity index (χ0v) is 14.2. The Kier molecular flexibility index (Phi) is 5.11. The minimum absolute atomic E-state index is 0.00633. The Morgan fingerprint density at radius 1 is 1.28 bits per heavy atom. The van der Waals surface area contributed by atoms with Crippen LogP contribution in [0.15, 0.2) is 29.1 Å². The van der Waals surface area contributed by atoms with E-state index in [1.165, 1.54) is 12.1 Å². The maximum absolute atomic E-state index is 12.4. The molecule has 0 saturated heterocycles. The highest BCUT2D eigenvalue weighted by Gasteiger charge is 2.26. The van der Waals surface area contributed by atoms with Crippen molar-refractivity contribution in [2.24, 2.45) is 5.92 Å². The van der Waals surface area contributed by atoms with Gasteiger partial charge in [0.2, 0.25) is 5.91 Å². The van der Waals surface area contributed by atoms with Crippen LogP contribution < -0.4 is 10.9 Å². The van der Waals surface area contributed by atoms with Crippen LogP contribution in [0.4, 0.5) is 0 Å². The fourth-order valence-corrected chi connectivity index (χ4v) is 3.16. The SMILES string of the molecule is CCC(NC(=O)C1CCCC1)c1nnc(-c2ccc(O)cc2)[nH]c1=O. The van der Waals surface area contributed by atoms with E-state index in [0.29, 0.717) is 17.8 Å². The topological polar surface area (TPSA) is 108 Å². The summed E-state index contributed by atoms with van der Waals surface area (Å²) in [5.74, 6) is 0.493. The van der Waals surface area contributed by atoms with Crippen LogP contribution in [-0.4, -0.2) is 26.2 Å². The molecule has 1 aromatic heterocycles. The number of benzene rings is 1. The summed E-state index contributed by atoms with van der Waals surface area (Å²) in [5, 5.41) is 20.4. The van der Waals surface area contributed by atoms with Gasteiger partial charge in [-0.15, -0.1) is 10.2 Å². The first-order valence-corrected chi connectivity index (χ1v) is 8.65. The molecule has 1 aliphatic rings. The summed E-state index contributed by atoms with van der Waals surface area (Å²) in [5.41, 5.74) is 0.505. The number of H-pyrrole nitrogens is 1. The Labute approximate surface area is 145 Å². The molecular formula is C18H22N4O3. The second kappa shape index (κ2) is 7.46. The fraction of sp³-hybridized carbons (Fsp3) is 0.444. The quantitative estimate of drug-likeness (QED) is 0.772. The van der Waals surface area contributed by atoms with Gasteiger partial charge in [-0.05, 0) is 43.5 Å². The number of amides is 1. The predicted octanol–water partition coefficient (Wildman–Crippen LogP) is 2.29. The summed E-state index contributed by atoms with van der Waals surface area (Å²) in [4.78, 5) is 27.5. The molecule has 1 aliphatic carbocycles. The molecule has 0 bridgehead atoms. The number of rotatable bonds is 5. The van der Waals surface area contributed by atoms with Crippen LogP contribution in [0.1, 0.15) is 50.8 Å². The third kappa shape index (κ3) is 3.87. The molecule has 0 spiro atoms. The molecule has 132 valence electrons. The van der Waals surface area contributed by atoms with Crippen molar-refractivity contribution in [2.45, 2.75) is 45.1 Å². The van der Waals surface area contributed by atoms with Crippen LogP contribution in [0.3, 0.4) is 0 Å². The zero-order valence-electron chi connectivity index (χ0n) is 14.2. The van der Waals surface area contributed by atoms with Gasteiger partial charge in [0.15, 0.2) is 11.5 Å². The average Bonchev–Trinajstić information content (AvgIpc) is 3.15. The summed E-state index contributed by atoms with van der Waals surface area (Å²) in [6.45, 7) is 1.90. The lowest BCUT2D eigenvalue weighted by Crippen LogP contribution is -2.36. The largest absolute Gasteiger partial charge is 0.508 e. The van der Waals surface area contributed by atoms with Gasteiger partial charge in [-0.1, -0.05) is 19.8 Å². The highest BCUT2D eigenvalue weighted by atomic mass is 16.3. The molecule has 7 nitrogen and oxygen atoms in total. The minimum Gasteiger partial charge on any atom is -0.508 e. The number of carbonyl (C=O) groups is 1. The van der Waals surface area contributed by atoms with Gasteiger partial charge in [0.1, 0.15) is 5.75 Å². The molecule has 2 aromatic rings. The van der Waals surface area contributed by atoms with E-state index >= 15 is 0 Å². The van der Waals surface area contributed by atoms with E-state index in [-0.39, 0.29) is 28.8 Å². The molecule has 1 heterocycles. The number of phenolic OH excluding ortho intramolecular Hbond substituents is 1. The van der Waals surface area contributed by atoms with E-state index in [1.807, 2.05) is 6.92 Å². The van der Waals surface area contributed by atoms with E-state index in [2.05, 4.69) is 20.5 Å².